The second kappa shape index (κ2) is 8.84. The van der Waals surface area contributed by atoms with Gasteiger partial charge in [-0.15, -0.1) is 0 Å². The smallest absolute Gasteiger partial charge is 0.391 e. The molecule has 0 unspecified atom stereocenters. The van der Waals surface area contributed by atoms with Gasteiger partial charge in [0.2, 0.25) is 0 Å². The molecule has 1 aliphatic rings. The molecule has 0 atom stereocenters. The van der Waals surface area contributed by atoms with Crippen LogP contribution < -0.4 is 4.74 Å². The van der Waals surface area contributed by atoms with Gasteiger partial charge in [0, 0.05) is 10.9 Å². The molecule has 1 fully saturated rings. The lowest BCUT2D eigenvalue weighted by Crippen LogP contribution is -2.28. The Labute approximate surface area is 166 Å². The molecule has 1 aromatic rings. The van der Waals surface area contributed by atoms with E-state index >= 15 is 0 Å². The Bertz CT molecular complexity index is 645. The van der Waals surface area contributed by atoms with Crippen molar-refractivity contribution in [2.24, 2.45) is 5.92 Å². The van der Waals surface area contributed by atoms with Crippen molar-refractivity contribution in [2.45, 2.75) is 69.5 Å². The van der Waals surface area contributed by atoms with Crippen molar-refractivity contribution < 1.29 is 27.4 Å². The van der Waals surface area contributed by atoms with E-state index in [9.17, 15) is 18.0 Å². The van der Waals surface area contributed by atoms with Crippen LogP contribution in [0.15, 0.2) is 18.2 Å². The maximum absolute atomic E-state index is 12.9. The topological polar surface area (TPSA) is 35.5 Å². The standard InChI is InChI=1S/C20H26BrF3O3/c1-19(2,3)27-17(25)12-26-18-14(11-21)5-4-6-16(18)13-7-9-15(10-8-13)20(22,23)24/h4-6,13,15H,7-12H2,1-3H3. The van der Waals surface area contributed by atoms with Crippen LogP contribution in [0.4, 0.5) is 13.2 Å². The number of esters is 1. The lowest BCUT2D eigenvalue weighted by atomic mass is 9.78. The number of alkyl halides is 4. The van der Waals surface area contributed by atoms with E-state index in [4.69, 9.17) is 9.47 Å². The van der Waals surface area contributed by atoms with Crippen molar-refractivity contribution >= 4 is 21.9 Å². The van der Waals surface area contributed by atoms with Crippen molar-refractivity contribution in [3.8, 4) is 5.75 Å². The number of ether oxygens (including phenoxy) is 2. The minimum Gasteiger partial charge on any atom is -0.481 e. The van der Waals surface area contributed by atoms with E-state index in [1.807, 2.05) is 18.2 Å². The Morgan fingerprint density at radius 2 is 1.78 bits per heavy atom. The van der Waals surface area contributed by atoms with Crippen molar-refractivity contribution in [3.05, 3.63) is 29.3 Å². The molecule has 0 bridgehead atoms. The molecule has 152 valence electrons. The molecule has 0 N–H and O–H groups in total. The first-order chi connectivity index (χ1) is 12.5. The van der Waals surface area contributed by atoms with Gasteiger partial charge >= 0.3 is 12.1 Å². The number of carbonyl (C=O) groups excluding carboxylic acids is 1. The van der Waals surface area contributed by atoms with Gasteiger partial charge in [-0.05, 0) is 57.9 Å². The van der Waals surface area contributed by atoms with E-state index < -0.39 is 23.7 Å². The number of hydrogen-bond acceptors (Lipinski definition) is 3. The fourth-order valence-electron chi connectivity index (χ4n) is 3.44. The maximum atomic E-state index is 12.9. The number of para-hydroxylation sites is 1. The summed E-state index contributed by atoms with van der Waals surface area (Å²) >= 11 is 3.41. The molecule has 1 aromatic carbocycles. The Kier molecular flexibility index (Phi) is 7.22. The van der Waals surface area contributed by atoms with Crippen LogP contribution in [0.2, 0.25) is 0 Å². The third-order valence-corrected chi connectivity index (χ3v) is 5.26. The summed E-state index contributed by atoms with van der Waals surface area (Å²) in [6, 6.07) is 5.64. The number of benzene rings is 1. The van der Waals surface area contributed by atoms with Crippen molar-refractivity contribution in [1.29, 1.82) is 0 Å². The van der Waals surface area contributed by atoms with Gasteiger partial charge in [-0.3, -0.25) is 0 Å². The molecule has 0 aromatic heterocycles. The minimum atomic E-state index is -4.13. The highest BCUT2D eigenvalue weighted by Gasteiger charge is 2.42. The van der Waals surface area contributed by atoms with E-state index in [0.717, 1.165) is 11.1 Å². The predicted molar refractivity (Wildman–Crippen MR) is 101 cm³/mol. The predicted octanol–water partition coefficient (Wildman–Crippen LogP) is 6.14. The van der Waals surface area contributed by atoms with E-state index in [0.29, 0.717) is 23.9 Å². The monoisotopic (exact) mass is 450 g/mol. The van der Waals surface area contributed by atoms with Crippen LogP contribution in [0.3, 0.4) is 0 Å². The van der Waals surface area contributed by atoms with Gasteiger partial charge in [0.15, 0.2) is 6.61 Å². The number of halogens is 4. The van der Waals surface area contributed by atoms with E-state index in [2.05, 4.69) is 15.9 Å². The molecule has 3 nitrogen and oxygen atoms in total. The summed E-state index contributed by atoms with van der Waals surface area (Å²) in [4.78, 5) is 12.0. The second-order valence-corrected chi connectivity index (χ2v) is 8.50. The van der Waals surface area contributed by atoms with Gasteiger partial charge in [0.25, 0.3) is 0 Å². The van der Waals surface area contributed by atoms with Gasteiger partial charge in [-0.2, -0.15) is 13.2 Å². The highest BCUT2D eigenvalue weighted by atomic mass is 79.9. The average Bonchev–Trinajstić information content (AvgIpc) is 2.57. The Balaban J connectivity index is 2.12. The van der Waals surface area contributed by atoms with Gasteiger partial charge in [0.05, 0.1) is 5.92 Å². The molecule has 0 aliphatic heterocycles. The molecule has 1 aliphatic carbocycles. The summed E-state index contributed by atoms with van der Waals surface area (Å²) < 4.78 is 49.9. The van der Waals surface area contributed by atoms with E-state index in [1.54, 1.807) is 20.8 Å². The molecule has 7 heteroatoms. The molecule has 2 rings (SSSR count). The number of carbonyl (C=O) groups is 1. The van der Waals surface area contributed by atoms with E-state index in [-0.39, 0.29) is 25.4 Å². The zero-order valence-electron chi connectivity index (χ0n) is 15.9. The first-order valence-electron chi connectivity index (χ1n) is 9.10. The quantitative estimate of drug-likeness (QED) is 0.399. The molecule has 0 radical (unpaired) electrons. The maximum Gasteiger partial charge on any atom is 0.391 e. The minimum absolute atomic E-state index is 0.00348. The molecule has 0 spiro atoms. The average molecular weight is 451 g/mol. The van der Waals surface area contributed by atoms with Gasteiger partial charge in [-0.25, -0.2) is 4.79 Å². The van der Waals surface area contributed by atoms with Crippen LogP contribution in [-0.2, 0) is 14.9 Å². The van der Waals surface area contributed by atoms with Crippen molar-refractivity contribution in [1.82, 2.24) is 0 Å². The lowest BCUT2D eigenvalue weighted by Gasteiger charge is -2.31. The molecule has 0 heterocycles. The third-order valence-electron chi connectivity index (χ3n) is 4.66. The Morgan fingerprint density at radius 3 is 2.30 bits per heavy atom. The van der Waals surface area contributed by atoms with Crippen molar-refractivity contribution in [2.75, 3.05) is 6.61 Å². The molecule has 27 heavy (non-hydrogen) atoms. The summed E-state index contributed by atoms with van der Waals surface area (Å²) in [6.07, 6.45) is -2.97. The molecular weight excluding hydrogens is 425 g/mol. The normalized spacial score (nSPS) is 21.0. The van der Waals surface area contributed by atoms with Crippen LogP contribution in [0, 0.1) is 5.92 Å². The number of hydrogen-bond donors (Lipinski definition) is 0. The zero-order chi connectivity index (χ0) is 20.2. The third kappa shape index (κ3) is 6.40. The summed E-state index contributed by atoms with van der Waals surface area (Å²) in [6.45, 7) is 5.11. The lowest BCUT2D eigenvalue weighted by molar-refractivity contribution is -0.182. The second-order valence-electron chi connectivity index (χ2n) is 7.93. The number of rotatable bonds is 5. The Morgan fingerprint density at radius 1 is 1.15 bits per heavy atom. The first kappa shape index (κ1) is 22.1. The van der Waals surface area contributed by atoms with Crippen molar-refractivity contribution in [3.63, 3.8) is 0 Å². The molecule has 1 saturated carbocycles. The van der Waals surface area contributed by atoms with Gasteiger partial charge in [-0.1, -0.05) is 34.1 Å². The largest absolute Gasteiger partial charge is 0.481 e. The van der Waals surface area contributed by atoms with Gasteiger partial charge < -0.3 is 9.47 Å². The van der Waals surface area contributed by atoms with E-state index in [1.165, 1.54) is 0 Å². The first-order valence-corrected chi connectivity index (χ1v) is 10.2. The molecule has 0 saturated heterocycles. The Hall–Kier alpha value is -1.24. The van der Waals surface area contributed by atoms with Gasteiger partial charge in [0.1, 0.15) is 11.4 Å². The molecule has 0 amide bonds. The van der Waals surface area contributed by atoms with Crippen LogP contribution >= 0.6 is 15.9 Å². The summed E-state index contributed by atoms with van der Waals surface area (Å²) in [5, 5.41) is 0.530. The molecular formula is C20H26BrF3O3. The fraction of sp³-hybridized carbons (Fsp3) is 0.650. The summed E-state index contributed by atoms with van der Waals surface area (Å²) in [5.74, 6) is -1.12. The highest BCUT2D eigenvalue weighted by molar-refractivity contribution is 9.08. The zero-order valence-corrected chi connectivity index (χ0v) is 17.5. The highest BCUT2D eigenvalue weighted by Crippen LogP contribution is 2.45. The summed E-state index contributed by atoms with van der Waals surface area (Å²) in [5.41, 5.74) is 1.14. The van der Waals surface area contributed by atoms with Crippen LogP contribution in [0.5, 0.6) is 5.75 Å². The fourth-order valence-corrected chi connectivity index (χ4v) is 3.88. The van der Waals surface area contributed by atoms with Crippen LogP contribution in [0.1, 0.15) is 63.5 Å². The van der Waals surface area contributed by atoms with Crippen LogP contribution in [0.25, 0.3) is 0 Å². The summed E-state index contributed by atoms with van der Waals surface area (Å²) in [7, 11) is 0. The van der Waals surface area contributed by atoms with Crippen LogP contribution in [-0.4, -0.2) is 24.4 Å². The SMILES string of the molecule is CC(C)(C)OC(=O)COc1c(CBr)cccc1C1CCC(C(F)(F)F)CC1.